The molecule has 0 amide bonds. The molecule has 0 fully saturated rings. The van der Waals surface area contributed by atoms with Crippen molar-refractivity contribution in [1.82, 2.24) is 4.98 Å². The Bertz CT molecular complexity index is 787. The van der Waals surface area contributed by atoms with Crippen molar-refractivity contribution in [2.75, 3.05) is 18.0 Å². The molecular formula is C14H14N2OS2. The van der Waals surface area contributed by atoms with Crippen LogP contribution in [0, 0.1) is 0 Å². The van der Waals surface area contributed by atoms with Gasteiger partial charge in [0.15, 0.2) is 5.13 Å². The largest absolute Gasteiger partial charge is 0.349 e. The highest BCUT2D eigenvalue weighted by molar-refractivity contribution is 7.26. The van der Waals surface area contributed by atoms with Crippen LogP contribution in [-0.4, -0.2) is 18.1 Å². The van der Waals surface area contributed by atoms with Crippen LogP contribution in [0.4, 0.5) is 5.13 Å². The second-order valence-corrected chi connectivity index (χ2v) is 6.21. The molecule has 3 rings (SSSR count). The maximum absolute atomic E-state index is 12.4. The van der Waals surface area contributed by atoms with Gasteiger partial charge in [0.2, 0.25) is 4.74 Å². The highest BCUT2D eigenvalue weighted by Gasteiger charge is 2.13. The zero-order chi connectivity index (χ0) is 13.4. The first kappa shape index (κ1) is 12.6. The molecule has 0 aliphatic heterocycles. The van der Waals surface area contributed by atoms with E-state index in [9.17, 15) is 4.79 Å². The highest BCUT2D eigenvalue weighted by Crippen LogP contribution is 2.32. The third kappa shape index (κ3) is 2.03. The summed E-state index contributed by atoms with van der Waals surface area (Å²) in [5.41, 5.74) is 0. The van der Waals surface area contributed by atoms with Crippen LogP contribution < -0.4 is 9.64 Å². The van der Waals surface area contributed by atoms with Gasteiger partial charge in [-0.05, 0) is 19.9 Å². The average molecular weight is 290 g/mol. The van der Waals surface area contributed by atoms with Gasteiger partial charge in [-0.3, -0.25) is 4.79 Å². The minimum Gasteiger partial charge on any atom is -0.349 e. The molecule has 0 radical (unpaired) electrons. The zero-order valence-electron chi connectivity index (χ0n) is 10.8. The van der Waals surface area contributed by atoms with Crippen LogP contribution in [0.5, 0.6) is 0 Å². The van der Waals surface area contributed by atoms with Crippen molar-refractivity contribution in [1.29, 1.82) is 0 Å². The predicted octanol–water partition coefficient (Wildman–Crippen LogP) is 3.72. The predicted molar refractivity (Wildman–Crippen MR) is 84.8 cm³/mol. The molecule has 98 valence electrons. The summed E-state index contributed by atoms with van der Waals surface area (Å²) in [6, 6.07) is 8.01. The summed E-state index contributed by atoms with van der Waals surface area (Å²) in [5, 5.41) is 2.64. The van der Waals surface area contributed by atoms with Gasteiger partial charge in [-0.15, -0.1) is 11.3 Å². The van der Waals surface area contributed by atoms with E-state index in [2.05, 4.69) is 23.7 Å². The lowest BCUT2D eigenvalue weighted by Gasteiger charge is -2.17. The quantitative estimate of drug-likeness (QED) is 0.737. The second-order valence-electron chi connectivity index (χ2n) is 4.23. The molecule has 0 aliphatic rings. The monoisotopic (exact) mass is 290 g/mol. The number of aromatic nitrogens is 1. The van der Waals surface area contributed by atoms with Gasteiger partial charge in [0.05, 0.1) is 5.39 Å². The molecule has 5 heteroatoms. The molecule has 1 aromatic carbocycles. The summed E-state index contributed by atoms with van der Waals surface area (Å²) in [6.45, 7) is 5.90. The van der Waals surface area contributed by atoms with Crippen molar-refractivity contribution in [3.8, 4) is 0 Å². The highest BCUT2D eigenvalue weighted by atomic mass is 32.1. The molecule has 0 spiro atoms. The number of hydrogen-bond acceptors (Lipinski definition) is 5. The first-order valence-electron chi connectivity index (χ1n) is 6.32. The summed E-state index contributed by atoms with van der Waals surface area (Å²) in [4.78, 5) is 20.0. The van der Waals surface area contributed by atoms with E-state index in [1.54, 1.807) is 11.3 Å². The summed E-state index contributed by atoms with van der Waals surface area (Å²) < 4.78 is 1.25. The maximum Gasteiger partial charge on any atom is 0.246 e. The molecule has 0 saturated heterocycles. The molecule has 0 bridgehead atoms. The van der Waals surface area contributed by atoms with E-state index in [0.717, 1.165) is 38.5 Å². The van der Waals surface area contributed by atoms with Crippen LogP contribution in [0.15, 0.2) is 29.1 Å². The number of rotatable bonds is 3. The van der Waals surface area contributed by atoms with Crippen molar-refractivity contribution in [2.45, 2.75) is 13.8 Å². The van der Waals surface area contributed by atoms with Gasteiger partial charge in [-0.2, -0.15) is 0 Å². The SMILES string of the molecule is CCN(CC)c1nc2sc3ccccc3c2c(=O)s1. The summed E-state index contributed by atoms with van der Waals surface area (Å²) >= 11 is 2.85. The minimum absolute atomic E-state index is 0.115. The van der Waals surface area contributed by atoms with Crippen molar-refractivity contribution in [2.24, 2.45) is 0 Å². The van der Waals surface area contributed by atoms with Crippen LogP contribution >= 0.6 is 22.7 Å². The van der Waals surface area contributed by atoms with Crippen molar-refractivity contribution in [3.05, 3.63) is 33.8 Å². The van der Waals surface area contributed by atoms with E-state index in [-0.39, 0.29) is 4.74 Å². The molecule has 0 aliphatic carbocycles. The van der Waals surface area contributed by atoms with Crippen LogP contribution in [0.25, 0.3) is 20.3 Å². The Morgan fingerprint density at radius 2 is 1.89 bits per heavy atom. The molecule has 0 unspecified atom stereocenters. The minimum atomic E-state index is 0.115. The van der Waals surface area contributed by atoms with E-state index < -0.39 is 0 Å². The van der Waals surface area contributed by atoms with Gasteiger partial charge in [0, 0.05) is 23.2 Å². The average Bonchev–Trinajstić information content (AvgIpc) is 2.78. The summed E-state index contributed by atoms with van der Waals surface area (Å²) in [7, 11) is 0. The van der Waals surface area contributed by atoms with Gasteiger partial charge >= 0.3 is 0 Å². The number of thiophene rings is 1. The number of hydrogen-bond donors (Lipinski definition) is 0. The Labute approximate surface area is 119 Å². The smallest absolute Gasteiger partial charge is 0.246 e. The lowest BCUT2D eigenvalue weighted by atomic mass is 10.2. The van der Waals surface area contributed by atoms with Crippen LogP contribution in [0.3, 0.4) is 0 Å². The molecule has 19 heavy (non-hydrogen) atoms. The fourth-order valence-electron chi connectivity index (χ4n) is 2.18. The topological polar surface area (TPSA) is 33.2 Å². The van der Waals surface area contributed by atoms with Crippen molar-refractivity contribution < 1.29 is 0 Å². The summed E-state index contributed by atoms with van der Waals surface area (Å²) in [6.07, 6.45) is 0. The lowest BCUT2D eigenvalue weighted by molar-refractivity contribution is 0.861. The van der Waals surface area contributed by atoms with Gasteiger partial charge in [0.1, 0.15) is 4.83 Å². The molecule has 2 heterocycles. The zero-order valence-corrected chi connectivity index (χ0v) is 12.5. The van der Waals surface area contributed by atoms with E-state index in [1.807, 2.05) is 24.3 Å². The molecular weight excluding hydrogens is 276 g/mol. The molecule has 0 atom stereocenters. The number of fused-ring (bicyclic) bond motifs is 3. The third-order valence-corrected chi connectivity index (χ3v) is 5.18. The number of anilines is 1. The van der Waals surface area contributed by atoms with Crippen LogP contribution in [0.1, 0.15) is 13.8 Å². The Morgan fingerprint density at radius 3 is 2.63 bits per heavy atom. The van der Waals surface area contributed by atoms with E-state index in [0.29, 0.717) is 0 Å². The van der Waals surface area contributed by atoms with Gasteiger partial charge in [0.25, 0.3) is 0 Å². The van der Waals surface area contributed by atoms with Gasteiger partial charge < -0.3 is 4.90 Å². The first-order valence-corrected chi connectivity index (χ1v) is 7.95. The fourth-order valence-corrected chi connectivity index (χ4v) is 4.37. The number of benzene rings is 1. The number of nitrogens with zero attached hydrogens (tertiary/aromatic N) is 2. The summed E-state index contributed by atoms with van der Waals surface area (Å²) in [5.74, 6) is 0. The third-order valence-electron chi connectivity index (χ3n) is 3.20. The fraction of sp³-hybridized carbons (Fsp3) is 0.286. The Morgan fingerprint density at radius 1 is 1.16 bits per heavy atom. The first-order chi connectivity index (χ1) is 9.24. The standard InChI is InChI=1S/C14H14N2OS2/c1-3-16(4-2)14-15-12-11(13(17)19-14)9-7-5-6-8-10(9)18-12/h5-8H,3-4H2,1-2H3. The molecule has 3 nitrogen and oxygen atoms in total. The van der Waals surface area contributed by atoms with Gasteiger partial charge in [-0.1, -0.05) is 29.5 Å². The van der Waals surface area contributed by atoms with E-state index in [4.69, 9.17) is 0 Å². The lowest BCUT2D eigenvalue weighted by Crippen LogP contribution is -2.23. The van der Waals surface area contributed by atoms with Gasteiger partial charge in [-0.25, -0.2) is 4.98 Å². The molecule has 2 aromatic heterocycles. The maximum atomic E-state index is 12.4. The molecule has 0 N–H and O–H groups in total. The Kier molecular flexibility index (Phi) is 3.24. The molecule has 3 aromatic rings. The second kappa shape index (κ2) is 4.90. The van der Waals surface area contributed by atoms with Crippen molar-refractivity contribution in [3.63, 3.8) is 0 Å². The molecule has 0 saturated carbocycles. The Hall–Kier alpha value is -1.46. The Balaban J connectivity index is 2.32. The van der Waals surface area contributed by atoms with Crippen molar-refractivity contribution >= 4 is 48.1 Å². The van der Waals surface area contributed by atoms with Crippen LogP contribution in [-0.2, 0) is 0 Å². The van der Waals surface area contributed by atoms with E-state index in [1.165, 1.54) is 11.3 Å². The normalized spacial score (nSPS) is 11.3. The van der Waals surface area contributed by atoms with E-state index >= 15 is 0 Å². The van der Waals surface area contributed by atoms with Crippen LogP contribution in [0.2, 0.25) is 0 Å².